The second kappa shape index (κ2) is 7.95. The number of aliphatic hydroxyl groups excluding tert-OH is 1. The number of rotatable bonds is 7. The van der Waals surface area contributed by atoms with Crippen LogP contribution in [0.3, 0.4) is 0 Å². The third-order valence-corrected chi connectivity index (χ3v) is 3.14. The van der Waals surface area contributed by atoms with Crippen molar-refractivity contribution >= 4 is 17.5 Å². The minimum atomic E-state index is -0.359. The Kier molecular flexibility index (Phi) is 5.71. The smallest absolute Gasteiger partial charge is 0.291 e. The topological polar surface area (TPSA) is 82.8 Å². The monoisotopic (exact) mass is 314 g/mol. The van der Waals surface area contributed by atoms with Crippen LogP contribution in [0.1, 0.15) is 20.9 Å². The van der Waals surface area contributed by atoms with Crippen LogP contribution >= 0.6 is 0 Å². The maximum Gasteiger partial charge on any atom is 0.291 e. The van der Waals surface area contributed by atoms with Crippen molar-refractivity contribution < 1.29 is 19.1 Å². The van der Waals surface area contributed by atoms with E-state index in [1.54, 1.807) is 42.5 Å². The van der Waals surface area contributed by atoms with Crippen LogP contribution < -0.4 is 5.32 Å². The summed E-state index contributed by atoms with van der Waals surface area (Å²) in [6, 6.07) is 9.71. The number of carbonyl (C=O) groups excluding carboxylic acids is 2. The quantitative estimate of drug-likeness (QED) is 0.767. The molecule has 6 nitrogen and oxygen atoms in total. The summed E-state index contributed by atoms with van der Waals surface area (Å²) >= 11 is 0. The van der Waals surface area contributed by atoms with Gasteiger partial charge in [0.05, 0.1) is 12.9 Å². The first kappa shape index (κ1) is 16.5. The van der Waals surface area contributed by atoms with E-state index >= 15 is 0 Å². The predicted octanol–water partition coefficient (Wildman–Crippen LogP) is 2.15. The van der Waals surface area contributed by atoms with E-state index in [4.69, 9.17) is 9.52 Å². The summed E-state index contributed by atoms with van der Waals surface area (Å²) in [5, 5.41) is 11.7. The van der Waals surface area contributed by atoms with Gasteiger partial charge in [-0.05, 0) is 36.4 Å². The molecule has 1 aromatic heterocycles. The van der Waals surface area contributed by atoms with Crippen LogP contribution in [-0.4, -0.2) is 41.5 Å². The molecule has 0 bridgehead atoms. The van der Waals surface area contributed by atoms with Crippen molar-refractivity contribution in [2.45, 2.75) is 0 Å². The highest BCUT2D eigenvalue weighted by Crippen LogP contribution is 2.13. The molecule has 1 aromatic carbocycles. The number of carbonyl (C=O) groups is 2. The van der Waals surface area contributed by atoms with Gasteiger partial charge in [-0.15, -0.1) is 6.58 Å². The van der Waals surface area contributed by atoms with Gasteiger partial charge in [-0.1, -0.05) is 6.08 Å². The summed E-state index contributed by atoms with van der Waals surface area (Å²) in [4.78, 5) is 25.7. The molecule has 2 N–H and O–H groups in total. The van der Waals surface area contributed by atoms with E-state index in [-0.39, 0.29) is 30.7 Å². The van der Waals surface area contributed by atoms with E-state index in [0.717, 1.165) is 0 Å². The number of nitrogens with one attached hydrogen (secondary N) is 1. The first-order valence-electron chi connectivity index (χ1n) is 7.11. The zero-order valence-electron chi connectivity index (χ0n) is 12.6. The Hall–Kier alpha value is -2.86. The zero-order chi connectivity index (χ0) is 16.7. The van der Waals surface area contributed by atoms with Gasteiger partial charge in [0.2, 0.25) is 0 Å². The van der Waals surface area contributed by atoms with Crippen LogP contribution in [0.15, 0.2) is 59.7 Å². The second-order valence-corrected chi connectivity index (χ2v) is 4.77. The maximum absolute atomic E-state index is 12.3. The second-order valence-electron chi connectivity index (χ2n) is 4.77. The third-order valence-electron chi connectivity index (χ3n) is 3.14. The summed E-state index contributed by atoms with van der Waals surface area (Å²) < 4.78 is 5.01. The molecule has 2 aromatic rings. The molecule has 0 aliphatic carbocycles. The Balaban J connectivity index is 2.05. The van der Waals surface area contributed by atoms with Gasteiger partial charge in [-0.25, -0.2) is 0 Å². The van der Waals surface area contributed by atoms with Crippen molar-refractivity contribution in [3.8, 4) is 0 Å². The fraction of sp³-hybridized carbons (Fsp3) is 0.176. The number of nitrogens with zero attached hydrogens (tertiary/aromatic N) is 1. The molecule has 1 heterocycles. The van der Waals surface area contributed by atoms with Crippen LogP contribution in [0.25, 0.3) is 0 Å². The van der Waals surface area contributed by atoms with E-state index in [9.17, 15) is 9.59 Å². The Morgan fingerprint density at radius 1 is 1.26 bits per heavy atom. The molecule has 2 amide bonds. The lowest BCUT2D eigenvalue weighted by atomic mass is 10.1. The van der Waals surface area contributed by atoms with Gasteiger partial charge in [0.15, 0.2) is 5.76 Å². The molecule has 0 aliphatic rings. The highest BCUT2D eigenvalue weighted by Gasteiger charge is 2.14. The number of aliphatic hydroxyl groups is 1. The number of furan rings is 1. The van der Waals surface area contributed by atoms with Crippen molar-refractivity contribution in [2.75, 3.05) is 25.0 Å². The molecule has 0 saturated heterocycles. The third kappa shape index (κ3) is 4.31. The van der Waals surface area contributed by atoms with Crippen molar-refractivity contribution in [1.82, 2.24) is 4.90 Å². The predicted molar refractivity (Wildman–Crippen MR) is 86.3 cm³/mol. The molecule has 0 saturated carbocycles. The van der Waals surface area contributed by atoms with E-state index in [0.29, 0.717) is 17.8 Å². The van der Waals surface area contributed by atoms with Gasteiger partial charge in [-0.2, -0.15) is 0 Å². The summed E-state index contributed by atoms with van der Waals surface area (Å²) in [5.74, 6) is -0.351. The van der Waals surface area contributed by atoms with Crippen LogP contribution in [0, 0.1) is 0 Å². The van der Waals surface area contributed by atoms with Gasteiger partial charge < -0.3 is 19.7 Å². The summed E-state index contributed by atoms with van der Waals surface area (Å²) in [6.45, 7) is 4.08. The van der Waals surface area contributed by atoms with Gasteiger partial charge in [0, 0.05) is 24.3 Å². The molecule has 0 unspecified atom stereocenters. The molecule has 6 heteroatoms. The van der Waals surface area contributed by atoms with E-state index in [1.807, 2.05) is 0 Å². The largest absolute Gasteiger partial charge is 0.459 e. The Bertz CT molecular complexity index is 662. The molecule has 120 valence electrons. The van der Waals surface area contributed by atoms with Crippen molar-refractivity contribution in [2.24, 2.45) is 0 Å². The lowest BCUT2D eigenvalue weighted by Gasteiger charge is -2.20. The molecular formula is C17H18N2O4. The normalized spacial score (nSPS) is 10.1. The summed E-state index contributed by atoms with van der Waals surface area (Å²) in [6.07, 6.45) is 3.03. The van der Waals surface area contributed by atoms with E-state index in [1.165, 1.54) is 11.2 Å². The van der Waals surface area contributed by atoms with Crippen LogP contribution in [0.4, 0.5) is 5.69 Å². The van der Waals surface area contributed by atoms with Crippen LogP contribution in [0.5, 0.6) is 0 Å². The number of hydrogen-bond acceptors (Lipinski definition) is 4. The van der Waals surface area contributed by atoms with Crippen molar-refractivity contribution in [1.29, 1.82) is 0 Å². The van der Waals surface area contributed by atoms with E-state index in [2.05, 4.69) is 11.9 Å². The molecule has 0 fully saturated rings. The fourth-order valence-electron chi connectivity index (χ4n) is 2.03. The van der Waals surface area contributed by atoms with Gasteiger partial charge in [0.25, 0.3) is 11.8 Å². The Morgan fingerprint density at radius 2 is 2.00 bits per heavy atom. The summed E-state index contributed by atoms with van der Waals surface area (Å²) in [5.41, 5.74) is 1.02. The first-order chi connectivity index (χ1) is 11.2. The summed E-state index contributed by atoms with van der Waals surface area (Å²) in [7, 11) is 0. The zero-order valence-corrected chi connectivity index (χ0v) is 12.6. The van der Waals surface area contributed by atoms with Crippen LogP contribution in [-0.2, 0) is 0 Å². The van der Waals surface area contributed by atoms with Crippen molar-refractivity contribution in [3.63, 3.8) is 0 Å². The maximum atomic E-state index is 12.3. The standard InChI is InChI=1S/C17H18N2O4/c1-2-9-19(10-11-20)17(22)13-5-7-14(8-6-13)18-16(21)15-4-3-12-23-15/h2-8,12,20H,1,9-11H2,(H,18,21). The van der Waals surface area contributed by atoms with Gasteiger partial charge in [-0.3, -0.25) is 9.59 Å². The minimum Gasteiger partial charge on any atom is -0.459 e. The highest BCUT2D eigenvalue weighted by molar-refractivity contribution is 6.02. The molecule has 0 spiro atoms. The number of hydrogen-bond donors (Lipinski definition) is 2. The SMILES string of the molecule is C=CCN(CCO)C(=O)c1ccc(NC(=O)c2ccco2)cc1. The Morgan fingerprint density at radius 3 is 2.57 bits per heavy atom. The fourth-order valence-corrected chi connectivity index (χ4v) is 2.03. The number of anilines is 1. The average molecular weight is 314 g/mol. The van der Waals surface area contributed by atoms with Crippen LogP contribution in [0.2, 0.25) is 0 Å². The van der Waals surface area contributed by atoms with Gasteiger partial charge in [0.1, 0.15) is 0 Å². The Labute approximate surface area is 134 Å². The molecule has 23 heavy (non-hydrogen) atoms. The molecule has 2 rings (SSSR count). The lowest BCUT2D eigenvalue weighted by Crippen LogP contribution is -2.33. The molecule has 0 aliphatic heterocycles. The average Bonchev–Trinajstić information content (AvgIpc) is 3.09. The van der Waals surface area contributed by atoms with E-state index < -0.39 is 0 Å². The minimum absolute atomic E-state index is 0.114. The van der Waals surface area contributed by atoms with Crippen molar-refractivity contribution in [3.05, 3.63) is 66.6 Å². The molecular weight excluding hydrogens is 296 g/mol. The lowest BCUT2D eigenvalue weighted by molar-refractivity contribution is 0.0743. The number of amides is 2. The molecule has 0 atom stereocenters. The first-order valence-corrected chi connectivity index (χ1v) is 7.11. The molecule has 0 radical (unpaired) electrons. The number of benzene rings is 1. The highest BCUT2D eigenvalue weighted by atomic mass is 16.3. The van der Waals surface area contributed by atoms with Gasteiger partial charge >= 0.3 is 0 Å².